The average molecular weight is 508 g/mol. The highest BCUT2D eigenvalue weighted by Gasteiger charge is 2.30. The van der Waals surface area contributed by atoms with Gasteiger partial charge in [0.15, 0.2) is 0 Å². The van der Waals surface area contributed by atoms with E-state index < -0.39 is 17.7 Å². The van der Waals surface area contributed by atoms with Crippen LogP contribution >= 0.6 is 0 Å². The summed E-state index contributed by atoms with van der Waals surface area (Å²) in [5, 5.41) is 13.1. The van der Waals surface area contributed by atoms with Gasteiger partial charge in [0, 0.05) is 37.1 Å². The van der Waals surface area contributed by atoms with Crippen LogP contribution in [0.15, 0.2) is 42.6 Å². The molecule has 0 saturated carbocycles. The number of carboxylic acid groups (broad SMARTS) is 1. The van der Waals surface area contributed by atoms with Gasteiger partial charge in [-0.1, -0.05) is 6.07 Å². The number of halogens is 3. The first-order chi connectivity index (χ1) is 17.0. The van der Waals surface area contributed by atoms with E-state index >= 15 is 0 Å². The Labute approximate surface area is 206 Å². The lowest BCUT2D eigenvalue weighted by atomic mass is 10.1. The van der Waals surface area contributed by atoms with Gasteiger partial charge in [0.2, 0.25) is 11.8 Å². The number of benzene rings is 1. The van der Waals surface area contributed by atoms with Gasteiger partial charge in [-0.05, 0) is 50.8 Å². The van der Waals surface area contributed by atoms with Crippen LogP contribution in [-0.2, 0) is 30.9 Å². The van der Waals surface area contributed by atoms with E-state index in [9.17, 15) is 18.0 Å². The molecule has 8 nitrogen and oxygen atoms in total. The summed E-state index contributed by atoms with van der Waals surface area (Å²) >= 11 is 0. The number of hydrogen-bond acceptors (Lipinski definition) is 6. The quantitative estimate of drug-likeness (QED) is 0.326. The van der Waals surface area contributed by atoms with Crippen molar-refractivity contribution in [3.8, 4) is 23.3 Å². The van der Waals surface area contributed by atoms with Crippen LogP contribution in [-0.4, -0.2) is 38.6 Å². The Hall–Kier alpha value is -3.76. The van der Waals surface area contributed by atoms with Crippen LogP contribution in [0.5, 0.6) is 23.3 Å². The zero-order valence-corrected chi connectivity index (χ0v) is 20.2. The molecule has 0 spiro atoms. The first kappa shape index (κ1) is 26.8. The zero-order chi connectivity index (χ0) is 26.3. The fourth-order valence-electron chi connectivity index (χ4n) is 3.36. The molecule has 2 heterocycles. The number of pyridine rings is 1. The SMILES string of the molecule is CC(C)Oc1ccc(CCCOc2cc(CCC(=O)O)n(C)n2)c(Oc2ccc(C(F)(F)F)cn2)c1. The third kappa shape index (κ3) is 7.89. The molecule has 0 bridgehead atoms. The molecule has 0 saturated heterocycles. The summed E-state index contributed by atoms with van der Waals surface area (Å²) in [6.45, 7) is 4.11. The van der Waals surface area contributed by atoms with Crippen LogP contribution in [0.4, 0.5) is 13.2 Å². The van der Waals surface area contributed by atoms with Crippen molar-refractivity contribution in [2.45, 2.75) is 51.8 Å². The summed E-state index contributed by atoms with van der Waals surface area (Å²) in [6, 6.07) is 9.13. The number of aliphatic carboxylic acids is 1. The Balaban J connectivity index is 1.65. The van der Waals surface area contributed by atoms with Crippen LogP contribution in [0.1, 0.15) is 43.5 Å². The minimum Gasteiger partial charge on any atom is -0.491 e. The number of alkyl halides is 3. The first-order valence-corrected chi connectivity index (χ1v) is 11.4. The Morgan fingerprint density at radius 3 is 2.53 bits per heavy atom. The number of ether oxygens (including phenoxy) is 3. The van der Waals surface area contributed by atoms with Crippen molar-refractivity contribution in [2.24, 2.45) is 7.05 Å². The molecule has 0 fully saturated rings. The second-order valence-electron chi connectivity index (χ2n) is 8.36. The standard InChI is InChI=1S/C25H28F3N3O5/c1-16(2)35-20-9-6-17(21(14-20)36-22-10-7-18(15-29-22)25(26,27)28)5-4-12-34-23-13-19(31(3)30-23)8-11-24(32)33/h6-7,9-10,13-16H,4-5,8,11-12H2,1-3H3,(H,32,33). The highest BCUT2D eigenvalue weighted by molar-refractivity contribution is 5.67. The molecule has 0 aliphatic carbocycles. The number of carbonyl (C=O) groups is 1. The molecule has 0 radical (unpaired) electrons. The van der Waals surface area contributed by atoms with Crippen molar-refractivity contribution >= 4 is 5.97 Å². The largest absolute Gasteiger partial charge is 0.491 e. The summed E-state index contributed by atoms with van der Waals surface area (Å²) in [4.78, 5) is 14.6. The van der Waals surface area contributed by atoms with Gasteiger partial charge in [-0.3, -0.25) is 9.48 Å². The van der Waals surface area contributed by atoms with Crippen molar-refractivity contribution in [3.63, 3.8) is 0 Å². The van der Waals surface area contributed by atoms with Gasteiger partial charge in [0.1, 0.15) is 11.5 Å². The van der Waals surface area contributed by atoms with Crippen molar-refractivity contribution in [1.82, 2.24) is 14.8 Å². The monoisotopic (exact) mass is 507 g/mol. The molecule has 1 aromatic carbocycles. The maximum Gasteiger partial charge on any atom is 0.417 e. The second-order valence-corrected chi connectivity index (χ2v) is 8.36. The predicted octanol–water partition coefficient (Wildman–Crippen LogP) is 5.44. The Bertz CT molecular complexity index is 1160. The lowest BCUT2D eigenvalue weighted by Gasteiger charge is -2.15. The Morgan fingerprint density at radius 1 is 1.11 bits per heavy atom. The molecule has 11 heteroatoms. The minimum absolute atomic E-state index is 0.00601. The summed E-state index contributed by atoms with van der Waals surface area (Å²) in [5.41, 5.74) is 0.706. The highest BCUT2D eigenvalue weighted by atomic mass is 19.4. The summed E-state index contributed by atoms with van der Waals surface area (Å²) in [6.07, 6.45) is -2.31. The van der Waals surface area contributed by atoms with E-state index in [-0.39, 0.29) is 18.4 Å². The van der Waals surface area contributed by atoms with Gasteiger partial charge in [0.25, 0.3) is 0 Å². The molecule has 194 valence electrons. The van der Waals surface area contributed by atoms with E-state index in [1.807, 2.05) is 19.9 Å². The second kappa shape index (κ2) is 11.8. The normalized spacial score (nSPS) is 11.5. The van der Waals surface area contributed by atoms with Crippen molar-refractivity contribution in [3.05, 3.63) is 59.4 Å². The van der Waals surface area contributed by atoms with Crippen LogP contribution in [0.25, 0.3) is 0 Å². The predicted molar refractivity (Wildman–Crippen MR) is 124 cm³/mol. The van der Waals surface area contributed by atoms with Gasteiger partial charge in [-0.15, -0.1) is 5.10 Å². The molecule has 2 aromatic heterocycles. The van der Waals surface area contributed by atoms with E-state index in [4.69, 9.17) is 19.3 Å². The molecule has 0 unspecified atom stereocenters. The maximum atomic E-state index is 12.8. The smallest absolute Gasteiger partial charge is 0.417 e. The topological polar surface area (TPSA) is 95.7 Å². The molecular formula is C25H28F3N3O5. The summed E-state index contributed by atoms with van der Waals surface area (Å²) < 4.78 is 57.4. The number of nitrogens with zero attached hydrogens (tertiary/aromatic N) is 3. The Morgan fingerprint density at radius 2 is 1.89 bits per heavy atom. The minimum atomic E-state index is -4.48. The van der Waals surface area contributed by atoms with Crippen molar-refractivity contribution in [1.29, 1.82) is 0 Å². The third-order valence-corrected chi connectivity index (χ3v) is 5.08. The molecule has 0 atom stereocenters. The van der Waals surface area contributed by atoms with Crippen LogP contribution < -0.4 is 14.2 Å². The molecule has 0 amide bonds. The van der Waals surface area contributed by atoms with Gasteiger partial charge in [0.05, 0.1) is 24.7 Å². The molecule has 36 heavy (non-hydrogen) atoms. The molecule has 0 aliphatic heterocycles. The maximum absolute atomic E-state index is 12.8. The average Bonchev–Trinajstić information content (AvgIpc) is 3.15. The molecule has 0 aliphatic rings. The lowest BCUT2D eigenvalue weighted by molar-refractivity contribution is -0.138. The van der Waals surface area contributed by atoms with E-state index in [0.29, 0.717) is 43.2 Å². The van der Waals surface area contributed by atoms with E-state index in [0.717, 1.165) is 23.5 Å². The van der Waals surface area contributed by atoms with E-state index in [1.54, 1.807) is 29.9 Å². The van der Waals surface area contributed by atoms with Gasteiger partial charge < -0.3 is 19.3 Å². The number of carboxylic acids is 1. The fourth-order valence-corrected chi connectivity index (χ4v) is 3.36. The number of aromatic nitrogens is 3. The van der Waals surface area contributed by atoms with Crippen molar-refractivity contribution in [2.75, 3.05) is 6.61 Å². The summed E-state index contributed by atoms with van der Waals surface area (Å²) in [5.74, 6) is 0.546. The number of aryl methyl sites for hydroxylation is 3. The lowest BCUT2D eigenvalue weighted by Crippen LogP contribution is -2.07. The zero-order valence-electron chi connectivity index (χ0n) is 20.2. The molecule has 1 N–H and O–H groups in total. The van der Waals surface area contributed by atoms with Gasteiger partial charge in [-0.2, -0.15) is 13.2 Å². The van der Waals surface area contributed by atoms with Gasteiger partial charge >= 0.3 is 12.1 Å². The summed E-state index contributed by atoms with van der Waals surface area (Å²) in [7, 11) is 1.73. The van der Waals surface area contributed by atoms with Crippen LogP contribution in [0, 0.1) is 0 Å². The number of rotatable bonds is 12. The number of hydrogen-bond donors (Lipinski definition) is 1. The van der Waals surface area contributed by atoms with E-state index in [2.05, 4.69) is 10.1 Å². The molecule has 3 aromatic rings. The van der Waals surface area contributed by atoms with Crippen molar-refractivity contribution < 1.29 is 37.3 Å². The van der Waals surface area contributed by atoms with E-state index in [1.165, 1.54) is 6.07 Å². The Kier molecular flexibility index (Phi) is 8.78. The highest BCUT2D eigenvalue weighted by Crippen LogP contribution is 2.33. The van der Waals surface area contributed by atoms with Gasteiger partial charge in [-0.25, -0.2) is 4.98 Å². The van der Waals surface area contributed by atoms with Crippen LogP contribution in [0.3, 0.4) is 0 Å². The molecule has 3 rings (SSSR count). The molecular weight excluding hydrogens is 479 g/mol. The first-order valence-electron chi connectivity index (χ1n) is 11.4. The fraction of sp³-hybridized carbons (Fsp3) is 0.400. The van der Waals surface area contributed by atoms with Crippen LogP contribution in [0.2, 0.25) is 0 Å². The third-order valence-electron chi connectivity index (χ3n) is 5.08.